The molecule has 1 atom stereocenters. The summed E-state index contributed by atoms with van der Waals surface area (Å²) in [5, 5.41) is 9.04. The third kappa shape index (κ3) is 3.55. The normalized spacial score (nSPS) is 15.8. The second-order valence-electron chi connectivity index (χ2n) is 5.33. The molecule has 1 fully saturated rings. The maximum atomic E-state index is 14.6. The van der Waals surface area contributed by atoms with Gasteiger partial charge in [-0.05, 0) is 53.7 Å². The standard InChI is InChI=1S/C15H19BrFNO3/c1-9(10-3-4-10)18(7-8-21-2)12-6-5-11(15(19)20)13(16)14(12)17/h5-6,9-10H,3-4,7-8H2,1-2H3,(H,19,20). The van der Waals surface area contributed by atoms with E-state index in [1.54, 1.807) is 7.11 Å². The highest BCUT2D eigenvalue weighted by Gasteiger charge is 2.33. The number of benzene rings is 1. The maximum Gasteiger partial charge on any atom is 0.336 e. The van der Waals surface area contributed by atoms with Crippen molar-refractivity contribution in [3.05, 3.63) is 28.0 Å². The van der Waals surface area contributed by atoms with E-state index in [9.17, 15) is 9.18 Å². The van der Waals surface area contributed by atoms with Gasteiger partial charge in [0.25, 0.3) is 0 Å². The summed E-state index contributed by atoms with van der Waals surface area (Å²) in [6, 6.07) is 3.18. The lowest BCUT2D eigenvalue weighted by atomic mass is 10.1. The summed E-state index contributed by atoms with van der Waals surface area (Å²) >= 11 is 3.06. The summed E-state index contributed by atoms with van der Waals surface area (Å²) in [5.41, 5.74) is 0.352. The number of carboxylic acid groups (broad SMARTS) is 1. The number of ether oxygens (including phenoxy) is 1. The summed E-state index contributed by atoms with van der Waals surface area (Å²) in [5.74, 6) is -1.11. The third-order valence-electron chi connectivity index (χ3n) is 3.93. The van der Waals surface area contributed by atoms with E-state index in [-0.39, 0.29) is 16.1 Å². The van der Waals surface area contributed by atoms with Crippen LogP contribution in [0.2, 0.25) is 0 Å². The van der Waals surface area contributed by atoms with Crippen molar-refractivity contribution in [2.24, 2.45) is 5.92 Å². The van der Waals surface area contributed by atoms with Crippen LogP contribution in [0.4, 0.5) is 10.1 Å². The number of nitrogens with zero attached hydrogens (tertiary/aromatic N) is 1. The molecule has 0 amide bonds. The molecule has 1 aromatic rings. The van der Waals surface area contributed by atoms with E-state index in [0.717, 1.165) is 12.8 Å². The van der Waals surface area contributed by atoms with Gasteiger partial charge in [0.2, 0.25) is 0 Å². The van der Waals surface area contributed by atoms with Crippen LogP contribution in [-0.4, -0.2) is 37.4 Å². The lowest BCUT2D eigenvalue weighted by Gasteiger charge is -2.32. The topological polar surface area (TPSA) is 49.8 Å². The summed E-state index contributed by atoms with van der Waals surface area (Å²) in [7, 11) is 1.61. The van der Waals surface area contributed by atoms with Crippen LogP contribution in [0.25, 0.3) is 0 Å². The molecule has 0 saturated heterocycles. The minimum Gasteiger partial charge on any atom is -0.478 e. The number of halogens is 2. The van der Waals surface area contributed by atoms with Crippen LogP contribution in [0.3, 0.4) is 0 Å². The number of carbonyl (C=O) groups is 1. The molecule has 0 aromatic heterocycles. The maximum absolute atomic E-state index is 14.6. The number of aromatic carboxylic acids is 1. The van der Waals surface area contributed by atoms with Crippen LogP contribution in [0.5, 0.6) is 0 Å². The zero-order valence-corrected chi connectivity index (χ0v) is 13.7. The zero-order valence-electron chi connectivity index (χ0n) is 12.1. The zero-order chi connectivity index (χ0) is 15.6. The van der Waals surface area contributed by atoms with Crippen LogP contribution in [0.15, 0.2) is 16.6 Å². The second kappa shape index (κ2) is 6.75. The molecule has 1 aliphatic carbocycles. The van der Waals surface area contributed by atoms with Gasteiger partial charge in [-0.3, -0.25) is 0 Å². The molecular formula is C15H19BrFNO3. The highest BCUT2D eigenvalue weighted by Crippen LogP contribution is 2.38. The largest absolute Gasteiger partial charge is 0.478 e. The fourth-order valence-electron chi connectivity index (χ4n) is 2.49. The Bertz CT molecular complexity index is 534. The van der Waals surface area contributed by atoms with Gasteiger partial charge in [-0.2, -0.15) is 0 Å². The van der Waals surface area contributed by atoms with Crippen molar-refractivity contribution >= 4 is 27.6 Å². The van der Waals surface area contributed by atoms with Crippen LogP contribution in [-0.2, 0) is 4.74 Å². The van der Waals surface area contributed by atoms with Crippen LogP contribution in [0.1, 0.15) is 30.1 Å². The molecular weight excluding hydrogens is 341 g/mol. The van der Waals surface area contributed by atoms with Crippen LogP contribution < -0.4 is 4.90 Å². The molecule has 4 nitrogen and oxygen atoms in total. The van der Waals surface area contributed by atoms with E-state index in [1.165, 1.54) is 12.1 Å². The molecule has 0 heterocycles. The van der Waals surface area contributed by atoms with E-state index in [2.05, 4.69) is 22.9 Å². The Morgan fingerprint density at radius 1 is 1.57 bits per heavy atom. The lowest BCUT2D eigenvalue weighted by molar-refractivity contribution is 0.0695. The summed E-state index contributed by atoms with van der Waals surface area (Å²) in [4.78, 5) is 13.0. The van der Waals surface area contributed by atoms with Crippen molar-refractivity contribution in [2.45, 2.75) is 25.8 Å². The van der Waals surface area contributed by atoms with Crippen molar-refractivity contribution < 1.29 is 19.0 Å². The molecule has 1 aliphatic rings. The summed E-state index contributed by atoms with van der Waals surface area (Å²) < 4.78 is 19.7. The minimum absolute atomic E-state index is 0.00193. The molecule has 1 N–H and O–H groups in total. The van der Waals surface area contributed by atoms with E-state index in [1.807, 2.05) is 4.90 Å². The first-order valence-corrected chi connectivity index (χ1v) is 7.73. The van der Waals surface area contributed by atoms with Gasteiger partial charge in [0.05, 0.1) is 22.3 Å². The Labute approximate surface area is 132 Å². The molecule has 21 heavy (non-hydrogen) atoms. The minimum atomic E-state index is -1.15. The Morgan fingerprint density at radius 2 is 2.24 bits per heavy atom. The van der Waals surface area contributed by atoms with Gasteiger partial charge in [0.15, 0.2) is 5.82 Å². The lowest BCUT2D eigenvalue weighted by Crippen LogP contribution is -2.38. The SMILES string of the molecule is COCCN(c1ccc(C(=O)O)c(Br)c1F)C(C)C1CC1. The van der Waals surface area contributed by atoms with E-state index in [4.69, 9.17) is 9.84 Å². The first-order chi connectivity index (χ1) is 9.97. The first-order valence-electron chi connectivity index (χ1n) is 6.94. The summed E-state index contributed by atoms with van der Waals surface area (Å²) in [6.07, 6.45) is 2.31. The third-order valence-corrected chi connectivity index (χ3v) is 4.71. The number of rotatable bonds is 7. The predicted octanol–water partition coefficient (Wildman–Crippen LogP) is 3.54. The van der Waals surface area contributed by atoms with Crippen molar-refractivity contribution in [1.82, 2.24) is 0 Å². The molecule has 6 heteroatoms. The molecule has 0 spiro atoms. The molecule has 1 aromatic carbocycles. The second-order valence-corrected chi connectivity index (χ2v) is 6.12. The molecule has 1 saturated carbocycles. The van der Waals surface area contributed by atoms with Gasteiger partial charge >= 0.3 is 5.97 Å². The van der Waals surface area contributed by atoms with Crippen LogP contribution in [0, 0.1) is 11.7 Å². The van der Waals surface area contributed by atoms with E-state index < -0.39 is 11.8 Å². The van der Waals surface area contributed by atoms with Crippen molar-refractivity contribution in [3.63, 3.8) is 0 Å². The van der Waals surface area contributed by atoms with Gasteiger partial charge in [-0.15, -0.1) is 0 Å². The fourth-order valence-corrected chi connectivity index (χ4v) is 3.00. The molecule has 1 unspecified atom stereocenters. The van der Waals surface area contributed by atoms with Gasteiger partial charge in [0, 0.05) is 19.7 Å². The fraction of sp³-hybridized carbons (Fsp3) is 0.533. The Hall–Kier alpha value is -1.14. The van der Waals surface area contributed by atoms with Crippen LogP contribution >= 0.6 is 15.9 Å². The van der Waals surface area contributed by atoms with Crippen molar-refractivity contribution in [2.75, 3.05) is 25.2 Å². The monoisotopic (exact) mass is 359 g/mol. The number of methoxy groups -OCH3 is 1. The highest BCUT2D eigenvalue weighted by molar-refractivity contribution is 9.10. The molecule has 0 aliphatic heterocycles. The van der Waals surface area contributed by atoms with Gasteiger partial charge < -0.3 is 14.7 Å². The Morgan fingerprint density at radius 3 is 2.76 bits per heavy atom. The molecule has 2 rings (SSSR count). The number of hydrogen-bond donors (Lipinski definition) is 1. The van der Waals surface area contributed by atoms with Gasteiger partial charge in [0.1, 0.15) is 0 Å². The van der Waals surface area contributed by atoms with E-state index in [0.29, 0.717) is 24.8 Å². The Balaban J connectivity index is 2.34. The molecule has 0 bridgehead atoms. The van der Waals surface area contributed by atoms with E-state index >= 15 is 0 Å². The van der Waals surface area contributed by atoms with Crippen molar-refractivity contribution in [1.29, 1.82) is 0 Å². The number of carboxylic acids is 1. The first kappa shape index (κ1) is 16.2. The summed E-state index contributed by atoms with van der Waals surface area (Å²) in [6.45, 7) is 3.14. The average molecular weight is 360 g/mol. The highest BCUT2D eigenvalue weighted by atomic mass is 79.9. The van der Waals surface area contributed by atoms with Crippen molar-refractivity contribution in [3.8, 4) is 0 Å². The molecule has 116 valence electrons. The smallest absolute Gasteiger partial charge is 0.336 e. The number of anilines is 1. The van der Waals surface area contributed by atoms with Gasteiger partial charge in [-0.25, -0.2) is 9.18 Å². The Kier molecular flexibility index (Phi) is 5.22. The quantitative estimate of drug-likeness (QED) is 0.808. The average Bonchev–Trinajstić information content (AvgIpc) is 3.27. The predicted molar refractivity (Wildman–Crippen MR) is 82.5 cm³/mol. The molecule has 0 radical (unpaired) electrons. The number of hydrogen-bond acceptors (Lipinski definition) is 3. The van der Waals surface area contributed by atoms with Gasteiger partial charge in [-0.1, -0.05) is 0 Å².